The van der Waals surface area contributed by atoms with Gasteiger partial charge in [-0.15, -0.1) is 0 Å². The molecule has 1 heterocycles. The average molecular weight is 240 g/mol. The first-order chi connectivity index (χ1) is 8.65. The molecule has 0 radical (unpaired) electrons. The lowest BCUT2D eigenvalue weighted by Crippen LogP contribution is -2.24. The molecule has 1 unspecified atom stereocenters. The molecule has 1 N–H and O–H groups in total. The Kier molecular flexibility index (Phi) is 2.73. The second-order valence-corrected chi connectivity index (χ2v) is 5.99. The zero-order chi connectivity index (χ0) is 12.6. The molecule has 1 aliphatic heterocycles. The van der Waals surface area contributed by atoms with E-state index in [2.05, 4.69) is 54.5 Å². The predicted octanol–water partition coefficient (Wildman–Crippen LogP) is 3.14. The lowest BCUT2D eigenvalue weighted by Gasteiger charge is -2.33. The van der Waals surface area contributed by atoms with Crippen LogP contribution in [0, 0.1) is 0 Å². The van der Waals surface area contributed by atoms with Gasteiger partial charge < -0.3 is 5.32 Å². The predicted molar refractivity (Wildman–Crippen MR) is 77.0 cm³/mol. The van der Waals surface area contributed by atoms with Crippen LogP contribution in [0.4, 0.5) is 0 Å². The van der Waals surface area contributed by atoms with Gasteiger partial charge in [0.25, 0.3) is 0 Å². The number of hydrogen-bond acceptors (Lipinski definition) is 2. The number of benzene rings is 1. The van der Waals surface area contributed by atoms with Gasteiger partial charge in [0.05, 0.1) is 12.4 Å². The van der Waals surface area contributed by atoms with Crippen molar-refractivity contribution in [2.24, 2.45) is 4.99 Å². The number of hydrogen-bond donors (Lipinski definition) is 1. The first-order valence-corrected chi connectivity index (χ1v) is 6.69. The third-order valence-electron chi connectivity index (χ3n) is 3.95. The van der Waals surface area contributed by atoms with Crippen LogP contribution in [0.3, 0.4) is 0 Å². The van der Waals surface area contributed by atoms with Crippen LogP contribution in [-0.2, 0) is 5.41 Å². The van der Waals surface area contributed by atoms with Crippen LogP contribution in [0.15, 0.2) is 34.8 Å². The van der Waals surface area contributed by atoms with Crippen molar-refractivity contribution in [1.29, 1.82) is 0 Å². The highest BCUT2D eigenvalue weighted by atomic mass is 15.0. The van der Waals surface area contributed by atoms with Gasteiger partial charge in [0.15, 0.2) is 0 Å². The van der Waals surface area contributed by atoms with E-state index in [0.29, 0.717) is 6.04 Å². The fourth-order valence-corrected chi connectivity index (χ4v) is 3.13. The molecule has 0 amide bonds. The van der Waals surface area contributed by atoms with E-state index in [1.807, 2.05) is 6.34 Å². The molecular formula is C16H20N2. The smallest absolute Gasteiger partial charge is 0.0828 e. The van der Waals surface area contributed by atoms with E-state index in [1.165, 1.54) is 16.7 Å². The highest BCUT2D eigenvalue weighted by molar-refractivity contribution is 5.63. The Morgan fingerprint density at radius 1 is 1.33 bits per heavy atom. The summed E-state index contributed by atoms with van der Waals surface area (Å²) < 4.78 is 0. The van der Waals surface area contributed by atoms with Crippen molar-refractivity contribution in [2.45, 2.75) is 38.1 Å². The van der Waals surface area contributed by atoms with Crippen molar-refractivity contribution < 1.29 is 0 Å². The molecule has 2 aliphatic rings. The summed E-state index contributed by atoms with van der Waals surface area (Å²) in [5, 5.41) is 3.18. The van der Waals surface area contributed by atoms with Gasteiger partial charge in [0.1, 0.15) is 0 Å². The molecule has 18 heavy (non-hydrogen) atoms. The minimum atomic E-state index is 0.246. The second kappa shape index (κ2) is 4.27. The molecule has 0 spiro atoms. The summed E-state index contributed by atoms with van der Waals surface area (Å²) in [6, 6.07) is 9.19. The number of aliphatic imine (C=N–C) groups is 1. The van der Waals surface area contributed by atoms with Crippen LogP contribution in [0.2, 0.25) is 0 Å². The topological polar surface area (TPSA) is 24.4 Å². The summed E-state index contributed by atoms with van der Waals surface area (Å²) in [5.41, 5.74) is 4.64. The van der Waals surface area contributed by atoms with Crippen molar-refractivity contribution in [1.82, 2.24) is 5.32 Å². The SMILES string of the molecule is CC1(C)CC(CC2CNC=N2)=Cc2ccccc21. The largest absolute Gasteiger partial charge is 0.374 e. The minimum absolute atomic E-state index is 0.246. The van der Waals surface area contributed by atoms with Crippen LogP contribution in [-0.4, -0.2) is 18.9 Å². The molecule has 1 aromatic rings. The van der Waals surface area contributed by atoms with Crippen LogP contribution in [0.25, 0.3) is 6.08 Å². The van der Waals surface area contributed by atoms with Crippen molar-refractivity contribution in [3.05, 3.63) is 41.0 Å². The molecule has 1 aliphatic carbocycles. The van der Waals surface area contributed by atoms with Crippen molar-refractivity contribution in [2.75, 3.05) is 6.54 Å². The summed E-state index contributed by atoms with van der Waals surface area (Å²) in [4.78, 5) is 4.46. The lowest BCUT2D eigenvalue weighted by molar-refractivity contribution is 0.496. The third kappa shape index (κ3) is 2.07. The van der Waals surface area contributed by atoms with E-state index in [1.54, 1.807) is 0 Å². The Morgan fingerprint density at radius 2 is 2.17 bits per heavy atom. The summed E-state index contributed by atoms with van der Waals surface area (Å²) >= 11 is 0. The Balaban J connectivity index is 1.89. The van der Waals surface area contributed by atoms with Crippen molar-refractivity contribution in [3.63, 3.8) is 0 Å². The number of rotatable bonds is 2. The first kappa shape index (κ1) is 11.5. The summed E-state index contributed by atoms with van der Waals surface area (Å²) in [5.74, 6) is 0. The first-order valence-electron chi connectivity index (χ1n) is 6.69. The fourth-order valence-electron chi connectivity index (χ4n) is 3.13. The van der Waals surface area contributed by atoms with Crippen LogP contribution >= 0.6 is 0 Å². The van der Waals surface area contributed by atoms with E-state index >= 15 is 0 Å². The Labute approximate surface area is 109 Å². The van der Waals surface area contributed by atoms with Crippen LogP contribution in [0.5, 0.6) is 0 Å². The number of nitrogens with zero attached hydrogens (tertiary/aromatic N) is 1. The quantitative estimate of drug-likeness (QED) is 0.843. The second-order valence-electron chi connectivity index (χ2n) is 5.99. The van der Waals surface area contributed by atoms with Gasteiger partial charge >= 0.3 is 0 Å². The monoisotopic (exact) mass is 240 g/mol. The molecule has 1 aromatic carbocycles. The van der Waals surface area contributed by atoms with Gasteiger partial charge in [-0.25, -0.2) is 0 Å². The lowest BCUT2D eigenvalue weighted by atomic mass is 9.72. The molecule has 0 saturated carbocycles. The summed E-state index contributed by atoms with van der Waals surface area (Å²) in [6.45, 7) is 5.67. The van der Waals surface area contributed by atoms with Crippen LogP contribution < -0.4 is 5.32 Å². The summed E-state index contributed by atoms with van der Waals surface area (Å²) in [6.07, 6.45) is 6.44. The maximum absolute atomic E-state index is 4.46. The van der Waals surface area contributed by atoms with Gasteiger partial charge in [-0.3, -0.25) is 4.99 Å². The summed E-state index contributed by atoms with van der Waals surface area (Å²) in [7, 11) is 0. The van der Waals surface area contributed by atoms with E-state index in [9.17, 15) is 0 Å². The van der Waals surface area contributed by atoms with Gasteiger partial charge in [0.2, 0.25) is 0 Å². The molecule has 0 aromatic heterocycles. The molecule has 3 rings (SSSR count). The molecule has 0 saturated heterocycles. The van der Waals surface area contributed by atoms with Gasteiger partial charge in [0, 0.05) is 6.54 Å². The molecular weight excluding hydrogens is 220 g/mol. The highest BCUT2D eigenvalue weighted by Crippen LogP contribution is 2.39. The minimum Gasteiger partial charge on any atom is -0.374 e. The van der Waals surface area contributed by atoms with Crippen molar-refractivity contribution >= 4 is 12.4 Å². The standard InChI is InChI=1S/C16H20N2/c1-16(2)9-12(8-14-10-17-11-18-14)7-13-5-3-4-6-15(13)16/h3-7,11,14H,8-10H2,1-2H3,(H,17,18). The Bertz CT molecular complexity index is 512. The molecule has 94 valence electrons. The highest BCUT2D eigenvalue weighted by Gasteiger charge is 2.28. The Morgan fingerprint density at radius 3 is 2.94 bits per heavy atom. The van der Waals surface area contributed by atoms with Gasteiger partial charge in [-0.1, -0.05) is 49.8 Å². The molecule has 2 heteroatoms. The average Bonchev–Trinajstić information content (AvgIpc) is 2.81. The normalized spacial score (nSPS) is 24.3. The maximum atomic E-state index is 4.46. The zero-order valence-corrected chi connectivity index (χ0v) is 11.1. The number of nitrogens with one attached hydrogen (secondary N) is 1. The van der Waals surface area contributed by atoms with E-state index in [0.717, 1.165) is 19.4 Å². The van der Waals surface area contributed by atoms with E-state index in [-0.39, 0.29) is 5.41 Å². The zero-order valence-electron chi connectivity index (χ0n) is 11.1. The molecule has 0 fully saturated rings. The fraction of sp³-hybridized carbons (Fsp3) is 0.438. The van der Waals surface area contributed by atoms with Gasteiger partial charge in [-0.05, 0) is 29.4 Å². The van der Waals surface area contributed by atoms with Crippen molar-refractivity contribution in [3.8, 4) is 0 Å². The maximum Gasteiger partial charge on any atom is 0.0828 e. The third-order valence-corrected chi connectivity index (χ3v) is 3.95. The molecule has 0 bridgehead atoms. The van der Waals surface area contributed by atoms with E-state index in [4.69, 9.17) is 0 Å². The number of fused-ring (bicyclic) bond motifs is 1. The van der Waals surface area contributed by atoms with E-state index < -0.39 is 0 Å². The van der Waals surface area contributed by atoms with Gasteiger partial charge in [-0.2, -0.15) is 0 Å². The van der Waals surface area contributed by atoms with Crippen LogP contribution in [0.1, 0.15) is 37.8 Å². The molecule has 2 nitrogen and oxygen atoms in total. The molecule has 1 atom stereocenters. The Hall–Kier alpha value is -1.57.